The number of pyridine rings is 1. The van der Waals surface area contributed by atoms with E-state index in [0.717, 1.165) is 6.07 Å². The van der Waals surface area contributed by atoms with E-state index in [1.54, 1.807) is 0 Å². The van der Waals surface area contributed by atoms with Gasteiger partial charge in [-0.15, -0.1) is 0 Å². The Bertz CT molecular complexity index is 479. The number of sulfonamides is 1. The van der Waals surface area contributed by atoms with Gasteiger partial charge in [-0.3, -0.25) is 0 Å². The van der Waals surface area contributed by atoms with E-state index < -0.39 is 20.9 Å². The highest BCUT2D eigenvalue weighted by Gasteiger charge is 2.25. The Morgan fingerprint density at radius 2 is 2.18 bits per heavy atom. The third kappa shape index (κ3) is 3.72. The SMILES string of the molecule is CC(C)C(CBr)NS(=O)(=O)c1ncccc1F. The second kappa shape index (κ2) is 5.88. The molecule has 0 aromatic carbocycles. The molecule has 1 aromatic heterocycles. The van der Waals surface area contributed by atoms with Gasteiger partial charge in [-0.05, 0) is 18.1 Å². The van der Waals surface area contributed by atoms with Crippen LogP contribution in [-0.2, 0) is 10.0 Å². The number of rotatable bonds is 5. The van der Waals surface area contributed by atoms with Gasteiger partial charge in [0.15, 0.2) is 5.82 Å². The van der Waals surface area contributed by atoms with Crippen molar-refractivity contribution in [1.29, 1.82) is 0 Å². The molecule has 0 aliphatic carbocycles. The Labute approximate surface area is 109 Å². The number of nitrogens with zero attached hydrogens (tertiary/aromatic N) is 1. The smallest absolute Gasteiger partial charge is 0.241 e. The molecule has 1 rings (SSSR count). The lowest BCUT2D eigenvalue weighted by Crippen LogP contribution is -2.40. The van der Waals surface area contributed by atoms with Gasteiger partial charge >= 0.3 is 0 Å². The minimum atomic E-state index is -3.91. The van der Waals surface area contributed by atoms with Crippen molar-refractivity contribution < 1.29 is 12.8 Å². The predicted octanol–water partition coefficient (Wildman–Crippen LogP) is 1.92. The Balaban J connectivity index is 3.01. The highest BCUT2D eigenvalue weighted by Crippen LogP contribution is 2.13. The molecule has 0 aliphatic rings. The standard InChI is InChI=1S/C10H14BrFN2O2S/c1-7(2)9(6-11)14-17(15,16)10-8(12)4-3-5-13-10/h3-5,7,9,14H,6H2,1-2H3. The number of halogens is 2. The largest absolute Gasteiger partial charge is 0.261 e. The molecule has 17 heavy (non-hydrogen) atoms. The summed E-state index contributed by atoms with van der Waals surface area (Å²) < 4.78 is 39.6. The van der Waals surface area contributed by atoms with Gasteiger partial charge < -0.3 is 0 Å². The summed E-state index contributed by atoms with van der Waals surface area (Å²) in [6.07, 6.45) is 1.25. The monoisotopic (exact) mass is 324 g/mol. The zero-order valence-corrected chi connectivity index (χ0v) is 11.9. The summed E-state index contributed by atoms with van der Waals surface area (Å²) in [7, 11) is -3.91. The first-order valence-electron chi connectivity index (χ1n) is 5.07. The van der Waals surface area contributed by atoms with Crippen molar-refractivity contribution in [1.82, 2.24) is 9.71 Å². The second-order valence-corrected chi connectivity index (χ2v) is 6.19. The first kappa shape index (κ1) is 14.5. The summed E-state index contributed by atoms with van der Waals surface area (Å²) in [6, 6.07) is 2.11. The number of nitrogens with one attached hydrogen (secondary N) is 1. The molecule has 0 spiro atoms. The van der Waals surface area contributed by atoms with Crippen LogP contribution in [0.5, 0.6) is 0 Å². The number of alkyl halides is 1. The van der Waals surface area contributed by atoms with Crippen LogP contribution in [0.15, 0.2) is 23.4 Å². The molecule has 0 amide bonds. The van der Waals surface area contributed by atoms with Crippen LogP contribution in [0, 0.1) is 11.7 Å². The second-order valence-electron chi connectivity index (χ2n) is 3.92. The highest BCUT2D eigenvalue weighted by atomic mass is 79.9. The third-order valence-corrected chi connectivity index (χ3v) is 4.38. The molecule has 0 radical (unpaired) electrons. The van der Waals surface area contributed by atoms with E-state index >= 15 is 0 Å². The van der Waals surface area contributed by atoms with E-state index in [9.17, 15) is 12.8 Å². The minimum Gasteiger partial charge on any atom is -0.241 e. The molecule has 0 saturated heterocycles. The van der Waals surface area contributed by atoms with Crippen LogP contribution >= 0.6 is 15.9 Å². The van der Waals surface area contributed by atoms with Crippen LogP contribution in [0.1, 0.15) is 13.8 Å². The predicted molar refractivity (Wildman–Crippen MR) is 66.9 cm³/mol. The number of aromatic nitrogens is 1. The molecule has 0 fully saturated rings. The van der Waals surface area contributed by atoms with Crippen LogP contribution in [0.4, 0.5) is 4.39 Å². The molecule has 0 saturated carbocycles. The Kier molecular flexibility index (Phi) is 5.03. The van der Waals surface area contributed by atoms with Crippen LogP contribution in [-0.4, -0.2) is 24.8 Å². The summed E-state index contributed by atoms with van der Waals surface area (Å²) in [5.41, 5.74) is 0. The molecule has 1 N–H and O–H groups in total. The van der Waals surface area contributed by atoms with E-state index in [-0.39, 0.29) is 12.0 Å². The van der Waals surface area contributed by atoms with E-state index in [4.69, 9.17) is 0 Å². The van der Waals surface area contributed by atoms with Crippen molar-refractivity contribution in [2.45, 2.75) is 24.9 Å². The maximum Gasteiger partial charge on any atom is 0.261 e. The maximum absolute atomic E-state index is 13.3. The molecule has 7 heteroatoms. The maximum atomic E-state index is 13.3. The van der Waals surface area contributed by atoms with Gasteiger partial charge in [-0.2, -0.15) is 0 Å². The first-order valence-corrected chi connectivity index (χ1v) is 7.67. The summed E-state index contributed by atoms with van der Waals surface area (Å²) >= 11 is 3.22. The summed E-state index contributed by atoms with van der Waals surface area (Å²) in [4.78, 5) is 3.56. The van der Waals surface area contributed by atoms with Crippen LogP contribution < -0.4 is 4.72 Å². The van der Waals surface area contributed by atoms with Crippen molar-refractivity contribution in [2.75, 3.05) is 5.33 Å². The van der Waals surface area contributed by atoms with E-state index in [1.165, 1.54) is 12.3 Å². The van der Waals surface area contributed by atoms with Crippen molar-refractivity contribution in [3.8, 4) is 0 Å². The lowest BCUT2D eigenvalue weighted by molar-refractivity contribution is 0.477. The fraction of sp³-hybridized carbons (Fsp3) is 0.500. The highest BCUT2D eigenvalue weighted by molar-refractivity contribution is 9.09. The summed E-state index contributed by atoms with van der Waals surface area (Å²) in [6.45, 7) is 3.76. The fourth-order valence-corrected chi connectivity index (χ4v) is 3.68. The average molecular weight is 325 g/mol. The van der Waals surface area contributed by atoms with Gasteiger partial charge in [-0.1, -0.05) is 29.8 Å². The lowest BCUT2D eigenvalue weighted by atomic mass is 10.1. The Morgan fingerprint density at radius 1 is 1.53 bits per heavy atom. The minimum absolute atomic E-state index is 0.0934. The van der Waals surface area contributed by atoms with Gasteiger partial charge in [0.2, 0.25) is 5.03 Å². The average Bonchev–Trinajstić information content (AvgIpc) is 2.26. The van der Waals surface area contributed by atoms with Crippen LogP contribution in [0.3, 0.4) is 0 Å². The number of hydrogen-bond donors (Lipinski definition) is 1. The third-order valence-electron chi connectivity index (χ3n) is 2.26. The molecule has 0 aliphatic heterocycles. The van der Waals surface area contributed by atoms with E-state index in [2.05, 4.69) is 25.6 Å². The van der Waals surface area contributed by atoms with Crippen LogP contribution in [0.2, 0.25) is 0 Å². The normalized spacial score (nSPS) is 13.9. The van der Waals surface area contributed by atoms with Gasteiger partial charge in [-0.25, -0.2) is 22.5 Å². The summed E-state index contributed by atoms with van der Waals surface area (Å²) in [5, 5.41) is -0.107. The first-order chi connectivity index (χ1) is 7.88. The van der Waals surface area contributed by atoms with Crippen molar-refractivity contribution in [3.05, 3.63) is 24.1 Å². The quantitative estimate of drug-likeness (QED) is 0.842. The molecule has 4 nitrogen and oxygen atoms in total. The molecular weight excluding hydrogens is 311 g/mol. The zero-order chi connectivity index (χ0) is 13.1. The van der Waals surface area contributed by atoms with Gasteiger partial charge in [0, 0.05) is 17.6 Å². The van der Waals surface area contributed by atoms with Gasteiger partial charge in [0.1, 0.15) is 0 Å². The molecule has 96 valence electrons. The van der Waals surface area contributed by atoms with E-state index in [0.29, 0.717) is 5.33 Å². The topological polar surface area (TPSA) is 59.1 Å². The van der Waals surface area contributed by atoms with Crippen molar-refractivity contribution >= 4 is 26.0 Å². The van der Waals surface area contributed by atoms with Crippen LogP contribution in [0.25, 0.3) is 0 Å². The Hall–Kier alpha value is -0.530. The Morgan fingerprint density at radius 3 is 2.65 bits per heavy atom. The lowest BCUT2D eigenvalue weighted by Gasteiger charge is -2.19. The molecule has 1 heterocycles. The molecule has 1 unspecified atom stereocenters. The summed E-state index contributed by atoms with van der Waals surface area (Å²) in [5.74, 6) is -0.756. The molecular formula is C10H14BrFN2O2S. The molecule has 1 atom stereocenters. The van der Waals surface area contributed by atoms with Gasteiger partial charge in [0.05, 0.1) is 0 Å². The number of hydrogen-bond acceptors (Lipinski definition) is 3. The zero-order valence-electron chi connectivity index (χ0n) is 9.52. The van der Waals surface area contributed by atoms with Crippen molar-refractivity contribution in [2.24, 2.45) is 5.92 Å². The molecule has 0 bridgehead atoms. The van der Waals surface area contributed by atoms with E-state index in [1.807, 2.05) is 13.8 Å². The van der Waals surface area contributed by atoms with Crippen molar-refractivity contribution in [3.63, 3.8) is 0 Å². The fourth-order valence-electron chi connectivity index (χ4n) is 1.17. The molecule has 1 aromatic rings. The van der Waals surface area contributed by atoms with Gasteiger partial charge in [0.25, 0.3) is 10.0 Å².